The van der Waals surface area contributed by atoms with Crippen molar-refractivity contribution in [2.75, 3.05) is 24.3 Å². The molecule has 0 unspecified atom stereocenters. The summed E-state index contributed by atoms with van der Waals surface area (Å²) in [4.78, 5) is 0. The predicted molar refractivity (Wildman–Crippen MR) is 65.6 cm³/mol. The number of thioether (sulfide) groups is 1. The van der Waals surface area contributed by atoms with Gasteiger partial charge in [-0.15, -0.1) is 0 Å². The molecule has 15 heavy (non-hydrogen) atoms. The van der Waals surface area contributed by atoms with Gasteiger partial charge in [0.05, 0.1) is 11.4 Å². The summed E-state index contributed by atoms with van der Waals surface area (Å²) in [5.41, 5.74) is -0.983. The summed E-state index contributed by atoms with van der Waals surface area (Å²) in [5, 5.41) is 9.76. The van der Waals surface area contributed by atoms with E-state index in [0.29, 0.717) is 5.75 Å². The fourth-order valence-corrected chi connectivity index (χ4v) is 3.38. The van der Waals surface area contributed by atoms with Crippen molar-refractivity contribution in [3.63, 3.8) is 0 Å². The summed E-state index contributed by atoms with van der Waals surface area (Å²) < 4.78 is 25.4. The lowest BCUT2D eigenvalue weighted by Crippen LogP contribution is -2.43. The van der Waals surface area contributed by atoms with Gasteiger partial charge < -0.3 is 5.11 Å². The molecule has 0 amide bonds. The first kappa shape index (κ1) is 15.2. The lowest BCUT2D eigenvalue weighted by Gasteiger charge is -2.22. The minimum Gasteiger partial charge on any atom is -0.388 e. The third-order valence-electron chi connectivity index (χ3n) is 1.68. The summed E-state index contributed by atoms with van der Waals surface area (Å²) in [6.07, 6.45) is 1.87. The third-order valence-corrected chi connectivity index (χ3v) is 4.28. The van der Waals surface area contributed by atoms with Gasteiger partial charge in [0, 0.05) is 12.3 Å². The average molecular weight is 255 g/mol. The van der Waals surface area contributed by atoms with Gasteiger partial charge in [0.25, 0.3) is 0 Å². The molecule has 92 valence electrons. The van der Waals surface area contributed by atoms with Gasteiger partial charge >= 0.3 is 0 Å². The summed E-state index contributed by atoms with van der Waals surface area (Å²) in [5.74, 6) is 0.701. The maximum Gasteiger partial charge on any atom is 0.211 e. The quantitative estimate of drug-likeness (QED) is 0.702. The lowest BCUT2D eigenvalue weighted by atomic mass is 10.1. The predicted octanol–water partition coefficient (Wildman–Crippen LogP) is 0.676. The Hall–Kier alpha value is 0.220. The second kappa shape index (κ2) is 6.08. The van der Waals surface area contributed by atoms with E-state index in [1.165, 1.54) is 11.8 Å². The molecule has 0 saturated carbocycles. The zero-order valence-corrected chi connectivity index (χ0v) is 11.4. The Morgan fingerprint density at radius 3 is 2.40 bits per heavy atom. The molecule has 0 aromatic heterocycles. The number of sulfonamides is 1. The molecule has 0 aliphatic rings. The van der Waals surface area contributed by atoms with Gasteiger partial charge in [0.2, 0.25) is 10.0 Å². The summed E-state index contributed by atoms with van der Waals surface area (Å²) in [6, 6.07) is 0. The molecule has 4 nitrogen and oxygen atoms in total. The van der Waals surface area contributed by atoms with Crippen LogP contribution in [0.25, 0.3) is 0 Å². The highest BCUT2D eigenvalue weighted by Gasteiger charge is 2.23. The third kappa shape index (κ3) is 8.07. The molecule has 0 aromatic rings. The van der Waals surface area contributed by atoms with Gasteiger partial charge in [-0.2, -0.15) is 11.8 Å². The van der Waals surface area contributed by atoms with Gasteiger partial charge in [0.15, 0.2) is 0 Å². The topological polar surface area (TPSA) is 66.4 Å². The van der Waals surface area contributed by atoms with Crippen molar-refractivity contribution >= 4 is 21.8 Å². The van der Waals surface area contributed by atoms with Crippen LogP contribution in [0.3, 0.4) is 0 Å². The summed E-state index contributed by atoms with van der Waals surface area (Å²) in [6.45, 7) is 5.39. The second-order valence-electron chi connectivity index (χ2n) is 4.43. The number of rotatable bonds is 7. The monoisotopic (exact) mass is 255 g/mol. The van der Waals surface area contributed by atoms with Crippen molar-refractivity contribution in [1.82, 2.24) is 4.72 Å². The Labute approximate surface area is 96.9 Å². The molecule has 1 atom stereocenters. The van der Waals surface area contributed by atoms with E-state index in [-0.39, 0.29) is 18.2 Å². The molecule has 0 aliphatic heterocycles. The van der Waals surface area contributed by atoms with E-state index in [4.69, 9.17) is 0 Å². The van der Waals surface area contributed by atoms with Crippen LogP contribution in [0, 0.1) is 5.92 Å². The molecule has 0 fully saturated rings. The SMILES string of the molecule is CSC[C@](C)(O)CNS(=O)(=O)CC(C)C. The molecule has 6 heteroatoms. The Kier molecular flexibility index (Phi) is 6.17. The van der Waals surface area contributed by atoms with E-state index >= 15 is 0 Å². The normalized spacial score (nSPS) is 16.7. The number of hydrogen-bond donors (Lipinski definition) is 2. The Morgan fingerprint density at radius 1 is 1.47 bits per heavy atom. The molecule has 0 rings (SSSR count). The maximum atomic E-state index is 11.5. The Balaban J connectivity index is 4.14. The zero-order chi connectivity index (χ0) is 12.1. The highest BCUT2D eigenvalue weighted by molar-refractivity contribution is 7.98. The van der Waals surface area contributed by atoms with E-state index in [9.17, 15) is 13.5 Å². The van der Waals surface area contributed by atoms with Gasteiger partial charge in [-0.1, -0.05) is 13.8 Å². The molecule has 0 aliphatic carbocycles. The molecule has 0 aromatic carbocycles. The molecular formula is C9H21NO3S2. The van der Waals surface area contributed by atoms with Crippen LogP contribution in [0.5, 0.6) is 0 Å². The van der Waals surface area contributed by atoms with E-state index < -0.39 is 15.6 Å². The van der Waals surface area contributed by atoms with Crippen LogP contribution < -0.4 is 4.72 Å². The largest absolute Gasteiger partial charge is 0.388 e. The van der Waals surface area contributed by atoms with E-state index in [1.807, 2.05) is 20.1 Å². The second-order valence-corrected chi connectivity index (χ2v) is 7.14. The number of aliphatic hydroxyl groups is 1. The van der Waals surface area contributed by atoms with Crippen LogP contribution in [0.1, 0.15) is 20.8 Å². The maximum absolute atomic E-state index is 11.5. The summed E-state index contributed by atoms with van der Waals surface area (Å²) >= 11 is 1.49. The zero-order valence-electron chi connectivity index (χ0n) is 9.78. The Morgan fingerprint density at radius 2 is 2.00 bits per heavy atom. The van der Waals surface area contributed by atoms with Gasteiger partial charge in [-0.3, -0.25) is 0 Å². The van der Waals surface area contributed by atoms with Gasteiger partial charge in [0.1, 0.15) is 0 Å². The average Bonchev–Trinajstić information content (AvgIpc) is 1.99. The van der Waals surface area contributed by atoms with Crippen LogP contribution in [-0.2, 0) is 10.0 Å². The van der Waals surface area contributed by atoms with Gasteiger partial charge in [-0.05, 0) is 19.1 Å². The fourth-order valence-electron chi connectivity index (χ4n) is 1.13. The van der Waals surface area contributed by atoms with Crippen LogP contribution in [0.2, 0.25) is 0 Å². The fraction of sp³-hybridized carbons (Fsp3) is 1.00. The smallest absolute Gasteiger partial charge is 0.211 e. The van der Waals surface area contributed by atoms with E-state index in [2.05, 4.69) is 4.72 Å². The first-order chi connectivity index (χ1) is 6.68. The molecule has 0 saturated heterocycles. The van der Waals surface area contributed by atoms with Crippen LogP contribution >= 0.6 is 11.8 Å². The van der Waals surface area contributed by atoms with Crippen LogP contribution in [0.15, 0.2) is 0 Å². The van der Waals surface area contributed by atoms with Crippen LogP contribution in [-0.4, -0.2) is 43.4 Å². The van der Waals surface area contributed by atoms with Crippen molar-refractivity contribution in [3.8, 4) is 0 Å². The lowest BCUT2D eigenvalue weighted by molar-refractivity contribution is 0.0908. The van der Waals surface area contributed by atoms with E-state index in [0.717, 1.165) is 0 Å². The van der Waals surface area contributed by atoms with Crippen molar-refractivity contribution in [2.45, 2.75) is 26.4 Å². The number of hydrogen-bond acceptors (Lipinski definition) is 4. The molecule has 2 N–H and O–H groups in total. The first-order valence-electron chi connectivity index (χ1n) is 4.87. The molecule has 0 bridgehead atoms. The molecule has 0 spiro atoms. The van der Waals surface area contributed by atoms with Crippen molar-refractivity contribution < 1.29 is 13.5 Å². The standard InChI is InChI=1S/C9H21NO3S2/c1-8(2)5-15(12,13)10-6-9(3,11)7-14-4/h8,10-11H,5-7H2,1-4H3/t9-/m1/s1. The van der Waals surface area contributed by atoms with Crippen molar-refractivity contribution in [3.05, 3.63) is 0 Å². The van der Waals surface area contributed by atoms with Crippen LogP contribution in [0.4, 0.5) is 0 Å². The summed E-state index contributed by atoms with van der Waals surface area (Å²) in [7, 11) is -3.25. The minimum atomic E-state index is -3.25. The molecule has 0 radical (unpaired) electrons. The highest BCUT2D eigenvalue weighted by atomic mass is 32.2. The van der Waals surface area contributed by atoms with E-state index in [1.54, 1.807) is 6.92 Å². The van der Waals surface area contributed by atoms with Crippen molar-refractivity contribution in [1.29, 1.82) is 0 Å². The number of nitrogens with one attached hydrogen (secondary N) is 1. The molecular weight excluding hydrogens is 234 g/mol. The van der Waals surface area contributed by atoms with Gasteiger partial charge in [-0.25, -0.2) is 13.1 Å². The van der Waals surface area contributed by atoms with Crippen molar-refractivity contribution in [2.24, 2.45) is 5.92 Å². The Bertz CT molecular complexity index is 273. The minimum absolute atomic E-state index is 0.0723. The first-order valence-corrected chi connectivity index (χ1v) is 7.92. The highest BCUT2D eigenvalue weighted by Crippen LogP contribution is 2.10. The molecule has 0 heterocycles.